The molecule has 0 spiro atoms. The highest BCUT2D eigenvalue weighted by Crippen LogP contribution is 2.32. The highest BCUT2D eigenvalue weighted by atomic mass is 32.2. The van der Waals surface area contributed by atoms with Gasteiger partial charge in [-0.3, -0.25) is 0 Å². The molecule has 0 fully saturated rings. The first-order chi connectivity index (χ1) is 7.86. The molecule has 1 aromatic heterocycles. The molecule has 0 aliphatic heterocycles. The van der Waals surface area contributed by atoms with Crippen LogP contribution in [0.1, 0.15) is 33.1 Å². The molecule has 0 saturated carbocycles. The van der Waals surface area contributed by atoms with Crippen LogP contribution in [-0.4, -0.2) is 25.1 Å². The topological polar surface area (TPSA) is 85.1 Å². The maximum Gasteiger partial charge on any atom is 0.182 e. The van der Waals surface area contributed by atoms with Crippen LogP contribution in [-0.2, 0) is 9.84 Å². The minimum Gasteiger partial charge on any atom is -0.382 e. The van der Waals surface area contributed by atoms with Crippen molar-refractivity contribution in [3.63, 3.8) is 0 Å². The second-order valence-corrected chi connectivity index (χ2v) is 6.91. The fraction of sp³-hybridized carbons (Fsp3) is 0.700. The molecule has 1 atom stereocenters. The number of nitrogens with one attached hydrogen (secondary N) is 1. The van der Waals surface area contributed by atoms with Gasteiger partial charge in [0, 0.05) is 12.3 Å². The molecule has 0 aliphatic carbocycles. The molecule has 1 heterocycles. The Morgan fingerprint density at radius 3 is 2.71 bits per heavy atom. The third kappa shape index (κ3) is 3.85. The molecular formula is C10H19N3O2S2. The number of sulfone groups is 1. The fourth-order valence-electron chi connectivity index (χ4n) is 1.55. The number of rotatable bonds is 6. The summed E-state index contributed by atoms with van der Waals surface area (Å²) in [5.41, 5.74) is 5.58. The monoisotopic (exact) mass is 277 g/mol. The SMILES string of the molecule is CCCCC(C)Nc1snc(N)c1S(C)(=O)=O. The Morgan fingerprint density at radius 2 is 2.18 bits per heavy atom. The van der Waals surface area contributed by atoms with Gasteiger partial charge in [0.2, 0.25) is 0 Å². The van der Waals surface area contributed by atoms with E-state index in [0.717, 1.165) is 37.1 Å². The Balaban J connectivity index is 2.86. The molecule has 0 radical (unpaired) electrons. The van der Waals surface area contributed by atoms with Crippen molar-refractivity contribution in [2.45, 2.75) is 44.0 Å². The normalized spacial score (nSPS) is 13.6. The largest absolute Gasteiger partial charge is 0.382 e. The van der Waals surface area contributed by atoms with Crippen molar-refractivity contribution in [3.05, 3.63) is 0 Å². The molecule has 0 amide bonds. The third-order valence-corrected chi connectivity index (χ3v) is 4.49. The van der Waals surface area contributed by atoms with E-state index in [1.54, 1.807) is 0 Å². The summed E-state index contributed by atoms with van der Waals surface area (Å²) in [6.45, 7) is 4.15. The van der Waals surface area contributed by atoms with Crippen LogP contribution in [0.15, 0.2) is 4.90 Å². The standard InChI is InChI=1S/C10H19N3O2S2/c1-4-5-6-7(2)12-10-8(17(3,14)15)9(11)13-16-10/h7,12H,4-6H2,1-3H3,(H2,11,13). The van der Waals surface area contributed by atoms with Crippen molar-refractivity contribution < 1.29 is 8.42 Å². The first kappa shape index (κ1) is 14.2. The van der Waals surface area contributed by atoms with E-state index in [4.69, 9.17) is 5.73 Å². The molecule has 0 aliphatic rings. The van der Waals surface area contributed by atoms with Crippen LogP contribution in [0.2, 0.25) is 0 Å². The van der Waals surface area contributed by atoms with Crippen LogP contribution in [0.4, 0.5) is 10.8 Å². The number of unbranched alkanes of at least 4 members (excludes halogenated alkanes) is 1. The van der Waals surface area contributed by atoms with Crippen molar-refractivity contribution in [1.82, 2.24) is 4.37 Å². The summed E-state index contributed by atoms with van der Waals surface area (Å²) in [4.78, 5) is 0.130. The smallest absolute Gasteiger partial charge is 0.182 e. The molecule has 0 saturated heterocycles. The molecule has 1 unspecified atom stereocenters. The number of hydrogen-bond donors (Lipinski definition) is 2. The van der Waals surface area contributed by atoms with Gasteiger partial charge in [-0.05, 0) is 24.9 Å². The van der Waals surface area contributed by atoms with E-state index in [0.29, 0.717) is 5.00 Å². The minimum absolute atomic E-state index is 0.0858. The first-order valence-corrected chi connectivity index (χ1v) is 8.24. The second kappa shape index (κ2) is 5.68. The van der Waals surface area contributed by atoms with Crippen LogP contribution in [0.25, 0.3) is 0 Å². The molecular weight excluding hydrogens is 258 g/mol. The van der Waals surface area contributed by atoms with Crippen molar-refractivity contribution in [2.75, 3.05) is 17.3 Å². The maximum atomic E-state index is 11.6. The summed E-state index contributed by atoms with van der Waals surface area (Å²) in [5.74, 6) is 0.0858. The van der Waals surface area contributed by atoms with Gasteiger partial charge in [0.25, 0.3) is 0 Å². The lowest BCUT2D eigenvalue weighted by Gasteiger charge is -2.13. The average Bonchev–Trinajstić information content (AvgIpc) is 2.56. The Kier molecular flexibility index (Phi) is 4.76. The third-order valence-electron chi connectivity index (χ3n) is 2.41. The van der Waals surface area contributed by atoms with Gasteiger partial charge in [0.15, 0.2) is 15.7 Å². The molecule has 3 N–H and O–H groups in total. The summed E-state index contributed by atoms with van der Waals surface area (Å²) < 4.78 is 27.0. The molecule has 7 heteroatoms. The fourth-order valence-corrected chi connectivity index (χ4v) is 3.72. The van der Waals surface area contributed by atoms with Crippen LogP contribution in [0.3, 0.4) is 0 Å². The van der Waals surface area contributed by atoms with Gasteiger partial charge in [0.05, 0.1) is 0 Å². The average molecular weight is 277 g/mol. The van der Waals surface area contributed by atoms with Crippen LogP contribution in [0, 0.1) is 0 Å². The summed E-state index contributed by atoms with van der Waals surface area (Å²) in [6.07, 6.45) is 4.37. The number of nitrogens with zero attached hydrogens (tertiary/aromatic N) is 1. The Morgan fingerprint density at radius 1 is 1.53 bits per heavy atom. The highest BCUT2D eigenvalue weighted by molar-refractivity contribution is 7.91. The molecule has 5 nitrogen and oxygen atoms in total. The molecule has 1 rings (SSSR count). The zero-order valence-corrected chi connectivity index (χ0v) is 12.0. The predicted octanol–water partition coefficient (Wildman–Crippen LogP) is 2.12. The zero-order chi connectivity index (χ0) is 13.1. The summed E-state index contributed by atoms with van der Waals surface area (Å²) in [6, 6.07) is 0.218. The Labute approximate surface area is 107 Å². The quantitative estimate of drug-likeness (QED) is 0.832. The number of nitrogens with two attached hydrogens (primary N) is 1. The van der Waals surface area contributed by atoms with Gasteiger partial charge in [-0.2, -0.15) is 4.37 Å². The van der Waals surface area contributed by atoms with Gasteiger partial charge in [-0.1, -0.05) is 19.8 Å². The number of nitrogen functional groups attached to an aromatic ring is 1. The molecule has 17 heavy (non-hydrogen) atoms. The van der Waals surface area contributed by atoms with Gasteiger partial charge >= 0.3 is 0 Å². The van der Waals surface area contributed by atoms with E-state index in [1.807, 2.05) is 6.92 Å². The van der Waals surface area contributed by atoms with E-state index >= 15 is 0 Å². The molecule has 1 aromatic rings. The Hall–Kier alpha value is -0.820. The predicted molar refractivity (Wildman–Crippen MR) is 72.2 cm³/mol. The highest BCUT2D eigenvalue weighted by Gasteiger charge is 2.21. The molecule has 98 valence electrons. The number of hydrogen-bond acceptors (Lipinski definition) is 6. The van der Waals surface area contributed by atoms with Gasteiger partial charge < -0.3 is 11.1 Å². The van der Waals surface area contributed by atoms with E-state index in [9.17, 15) is 8.42 Å². The van der Waals surface area contributed by atoms with Gasteiger partial charge in [0.1, 0.15) is 9.90 Å². The lowest BCUT2D eigenvalue weighted by Crippen LogP contribution is -2.16. The van der Waals surface area contributed by atoms with Crippen LogP contribution >= 0.6 is 11.5 Å². The van der Waals surface area contributed by atoms with E-state index in [-0.39, 0.29) is 16.8 Å². The van der Waals surface area contributed by atoms with E-state index in [2.05, 4.69) is 16.6 Å². The van der Waals surface area contributed by atoms with E-state index < -0.39 is 9.84 Å². The summed E-state index contributed by atoms with van der Waals surface area (Å²) in [5, 5.41) is 3.72. The molecule has 0 bridgehead atoms. The van der Waals surface area contributed by atoms with Crippen LogP contribution < -0.4 is 11.1 Å². The maximum absolute atomic E-state index is 11.6. The Bertz CT molecular complexity index is 468. The van der Waals surface area contributed by atoms with Gasteiger partial charge in [-0.15, -0.1) is 0 Å². The lowest BCUT2D eigenvalue weighted by molar-refractivity contribution is 0.602. The van der Waals surface area contributed by atoms with E-state index in [1.165, 1.54) is 0 Å². The number of anilines is 2. The minimum atomic E-state index is -3.33. The van der Waals surface area contributed by atoms with Gasteiger partial charge in [-0.25, -0.2) is 8.42 Å². The van der Waals surface area contributed by atoms with Crippen molar-refractivity contribution in [1.29, 1.82) is 0 Å². The lowest BCUT2D eigenvalue weighted by atomic mass is 10.1. The first-order valence-electron chi connectivity index (χ1n) is 5.58. The van der Waals surface area contributed by atoms with Crippen molar-refractivity contribution in [2.24, 2.45) is 0 Å². The zero-order valence-electron chi connectivity index (χ0n) is 10.4. The summed E-state index contributed by atoms with van der Waals surface area (Å²) in [7, 11) is -3.33. The second-order valence-electron chi connectivity index (χ2n) is 4.19. The molecule has 0 aromatic carbocycles. The van der Waals surface area contributed by atoms with Crippen molar-refractivity contribution in [3.8, 4) is 0 Å². The number of aromatic nitrogens is 1. The van der Waals surface area contributed by atoms with Crippen LogP contribution in [0.5, 0.6) is 0 Å². The van der Waals surface area contributed by atoms with Crippen molar-refractivity contribution >= 4 is 32.2 Å². The summed E-state index contributed by atoms with van der Waals surface area (Å²) >= 11 is 1.10.